The van der Waals surface area contributed by atoms with Crippen molar-refractivity contribution in [2.45, 2.75) is 11.8 Å². The summed E-state index contributed by atoms with van der Waals surface area (Å²) in [6, 6.07) is 13.0. The minimum atomic E-state index is -3.66. The molecule has 2 aromatic rings. The van der Waals surface area contributed by atoms with E-state index in [4.69, 9.17) is 5.11 Å². The number of carboxylic acid groups (broad SMARTS) is 1. The molecule has 0 aliphatic rings. The average Bonchev–Trinajstić information content (AvgIpc) is 2.48. The fourth-order valence-corrected chi connectivity index (χ4v) is 2.82. The fourth-order valence-electron chi connectivity index (χ4n) is 1.76. The summed E-state index contributed by atoms with van der Waals surface area (Å²) in [5.74, 6) is -1.06. The molecule has 0 saturated heterocycles. The van der Waals surface area contributed by atoms with E-state index in [0.29, 0.717) is 11.3 Å². The van der Waals surface area contributed by atoms with Crippen LogP contribution in [0, 0.1) is 6.92 Å². The highest BCUT2D eigenvalue weighted by molar-refractivity contribution is 7.92. The normalized spacial score (nSPS) is 11.5. The third kappa shape index (κ3) is 4.20. The van der Waals surface area contributed by atoms with Gasteiger partial charge in [0, 0.05) is 11.8 Å². The third-order valence-corrected chi connectivity index (χ3v) is 4.31. The molecule has 0 aliphatic carbocycles. The summed E-state index contributed by atoms with van der Waals surface area (Å²) in [5, 5.41) is 8.55. The molecule has 6 heteroatoms. The van der Waals surface area contributed by atoms with Gasteiger partial charge in [0.1, 0.15) is 0 Å². The van der Waals surface area contributed by atoms with Crippen LogP contribution in [0.1, 0.15) is 11.1 Å². The van der Waals surface area contributed by atoms with Gasteiger partial charge in [0.05, 0.1) is 4.90 Å². The number of carboxylic acids is 1. The molecule has 0 fully saturated rings. The van der Waals surface area contributed by atoms with Gasteiger partial charge in [0.2, 0.25) is 0 Å². The zero-order chi connectivity index (χ0) is 16.2. The van der Waals surface area contributed by atoms with E-state index in [1.54, 1.807) is 24.3 Å². The summed E-state index contributed by atoms with van der Waals surface area (Å²) >= 11 is 0. The van der Waals surface area contributed by atoms with Crippen molar-refractivity contribution >= 4 is 27.8 Å². The third-order valence-electron chi connectivity index (χ3n) is 2.91. The van der Waals surface area contributed by atoms with E-state index in [1.165, 1.54) is 18.2 Å². The molecular formula is C16H15NO4S. The standard InChI is InChI=1S/C16H15NO4S/c1-12-2-7-14(8-3-12)17-22(20,21)15-9-4-13(5-10-15)6-11-16(18)19/h2-11,17H,1H3,(H,18,19). The summed E-state index contributed by atoms with van der Waals surface area (Å²) in [7, 11) is -3.66. The Morgan fingerprint density at radius 1 is 1.05 bits per heavy atom. The largest absolute Gasteiger partial charge is 0.478 e. The fraction of sp³-hybridized carbons (Fsp3) is 0.0625. The second kappa shape index (κ2) is 6.44. The van der Waals surface area contributed by atoms with Crippen molar-refractivity contribution in [3.05, 3.63) is 65.7 Å². The molecular weight excluding hydrogens is 302 g/mol. The number of rotatable bonds is 5. The zero-order valence-electron chi connectivity index (χ0n) is 11.9. The van der Waals surface area contributed by atoms with Crippen LogP contribution < -0.4 is 4.72 Å². The Kier molecular flexibility index (Phi) is 4.62. The summed E-state index contributed by atoms with van der Waals surface area (Å²) in [4.78, 5) is 10.5. The molecule has 0 bridgehead atoms. The molecule has 0 amide bonds. The molecule has 0 heterocycles. The van der Waals surface area contributed by atoms with Crippen LogP contribution in [0.4, 0.5) is 5.69 Å². The molecule has 0 unspecified atom stereocenters. The summed E-state index contributed by atoms with van der Waals surface area (Å²) in [6.07, 6.45) is 2.39. The first-order chi connectivity index (χ1) is 10.4. The highest BCUT2D eigenvalue weighted by atomic mass is 32.2. The predicted octanol–water partition coefficient (Wildman–Crippen LogP) is 2.89. The highest BCUT2D eigenvalue weighted by Gasteiger charge is 2.13. The van der Waals surface area contributed by atoms with Gasteiger partial charge in [0.15, 0.2) is 0 Å². The first kappa shape index (κ1) is 15.8. The monoisotopic (exact) mass is 317 g/mol. The maximum Gasteiger partial charge on any atom is 0.328 e. The number of benzene rings is 2. The quantitative estimate of drug-likeness (QED) is 0.831. The van der Waals surface area contributed by atoms with Crippen molar-refractivity contribution in [2.75, 3.05) is 4.72 Å². The average molecular weight is 317 g/mol. The van der Waals surface area contributed by atoms with Crippen LogP contribution in [-0.4, -0.2) is 19.5 Å². The molecule has 2 rings (SSSR count). The van der Waals surface area contributed by atoms with E-state index >= 15 is 0 Å². The van der Waals surface area contributed by atoms with E-state index in [0.717, 1.165) is 11.6 Å². The first-order valence-electron chi connectivity index (χ1n) is 6.47. The Morgan fingerprint density at radius 2 is 1.64 bits per heavy atom. The Bertz CT molecular complexity index is 791. The van der Waals surface area contributed by atoms with Crippen molar-refractivity contribution in [1.82, 2.24) is 0 Å². The van der Waals surface area contributed by atoms with Gasteiger partial charge in [-0.2, -0.15) is 0 Å². The van der Waals surface area contributed by atoms with Crippen LogP contribution in [0.2, 0.25) is 0 Å². The molecule has 5 nitrogen and oxygen atoms in total. The van der Waals surface area contributed by atoms with Crippen LogP contribution in [0.25, 0.3) is 6.08 Å². The molecule has 0 aliphatic heterocycles. The Hall–Kier alpha value is -2.60. The van der Waals surface area contributed by atoms with Gasteiger partial charge >= 0.3 is 5.97 Å². The maximum atomic E-state index is 12.2. The SMILES string of the molecule is Cc1ccc(NS(=O)(=O)c2ccc(C=CC(=O)O)cc2)cc1. The number of aryl methyl sites for hydroxylation is 1. The van der Waals surface area contributed by atoms with E-state index in [9.17, 15) is 13.2 Å². The number of carbonyl (C=O) groups is 1. The number of hydrogen-bond acceptors (Lipinski definition) is 3. The van der Waals surface area contributed by atoms with E-state index < -0.39 is 16.0 Å². The van der Waals surface area contributed by atoms with Crippen LogP contribution in [0.5, 0.6) is 0 Å². The zero-order valence-corrected chi connectivity index (χ0v) is 12.7. The summed E-state index contributed by atoms with van der Waals surface area (Å²) in [6.45, 7) is 1.92. The number of hydrogen-bond donors (Lipinski definition) is 2. The Morgan fingerprint density at radius 3 is 2.18 bits per heavy atom. The van der Waals surface area contributed by atoms with Crippen molar-refractivity contribution in [3.63, 3.8) is 0 Å². The second-order valence-electron chi connectivity index (χ2n) is 4.71. The molecule has 0 atom stereocenters. The molecule has 0 saturated carbocycles. The molecule has 22 heavy (non-hydrogen) atoms. The van der Waals surface area contributed by atoms with Gasteiger partial charge in [-0.3, -0.25) is 4.72 Å². The van der Waals surface area contributed by atoms with E-state index in [-0.39, 0.29) is 4.90 Å². The topological polar surface area (TPSA) is 83.5 Å². The minimum Gasteiger partial charge on any atom is -0.478 e. The molecule has 2 N–H and O–H groups in total. The Balaban J connectivity index is 2.19. The predicted molar refractivity (Wildman–Crippen MR) is 85.1 cm³/mol. The first-order valence-corrected chi connectivity index (χ1v) is 7.96. The molecule has 0 aromatic heterocycles. The lowest BCUT2D eigenvalue weighted by Crippen LogP contribution is -2.12. The molecule has 0 radical (unpaired) electrons. The smallest absolute Gasteiger partial charge is 0.328 e. The Labute approximate surface area is 129 Å². The van der Waals surface area contributed by atoms with Crippen molar-refractivity contribution in [1.29, 1.82) is 0 Å². The van der Waals surface area contributed by atoms with E-state index in [2.05, 4.69) is 4.72 Å². The number of nitrogens with one attached hydrogen (secondary N) is 1. The molecule has 0 spiro atoms. The second-order valence-corrected chi connectivity index (χ2v) is 6.39. The van der Waals surface area contributed by atoms with E-state index in [1.807, 2.05) is 19.1 Å². The number of anilines is 1. The van der Waals surface area contributed by atoms with Gasteiger partial charge in [0.25, 0.3) is 10.0 Å². The lowest BCUT2D eigenvalue weighted by Gasteiger charge is -2.08. The molecule has 114 valence electrons. The minimum absolute atomic E-state index is 0.112. The van der Waals surface area contributed by atoms with Gasteiger partial charge in [-0.1, -0.05) is 29.8 Å². The lowest BCUT2D eigenvalue weighted by atomic mass is 10.2. The molecule has 2 aromatic carbocycles. The highest BCUT2D eigenvalue weighted by Crippen LogP contribution is 2.17. The van der Waals surface area contributed by atoms with Crippen molar-refractivity contribution in [3.8, 4) is 0 Å². The van der Waals surface area contributed by atoms with Gasteiger partial charge in [-0.25, -0.2) is 13.2 Å². The van der Waals surface area contributed by atoms with Crippen LogP contribution in [-0.2, 0) is 14.8 Å². The van der Waals surface area contributed by atoms with Crippen LogP contribution in [0.3, 0.4) is 0 Å². The summed E-state index contributed by atoms with van der Waals surface area (Å²) < 4.78 is 27.0. The van der Waals surface area contributed by atoms with Gasteiger partial charge < -0.3 is 5.11 Å². The number of sulfonamides is 1. The van der Waals surface area contributed by atoms with Gasteiger partial charge in [-0.15, -0.1) is 0 Å². The lowest BCUT2D eigenvalue weighted by molar-refractivity contribution is -0.131. The van der Waals surface area contributed by atoms with Gasteiger partial charge in [-0.05, 0) is 42.8 Å². The van der Waals surface area contributed by atoms with Crippen LogP contribution >= 0.6 is 0 Å². The van der Waals surface area contributed by atoms with Crippen LogP contribution in [0.15, 0.2) is 59.5 Å². The summed E-state index contributed by atoms with van der Waals surface area (Å²) in [5.41, 5.74) is 2.13. The number of aliphatic carboxylic acids is 1. The van der Waals surface area contributed by atoms with Crippen molar-refractivity contribution < 1.29 is 18.3 Å². The maximum absolute atomic E-state index is 12.2. The van der Waals surface area contributed by atoms with Crippen molar-refractivity contribution in [2.24, 2.45) is 0 Å².